The van der Waals surface area contributed by atoms with Crippen molar-refractivity contribution in [2.24, 2.45) is 11.8 Å². The number of carbonyl (C=O) groups excluding carboxylic acids is 1. The van der Waals surface area contributed by atoms with E-state index in [0.29, 0.717) is 5.92 Å². The molecule has 3 heteroatoms. The Bertz CT molecular complexity index is 170. The summed E-state index contributed by atoms with van der Waals surface area (Å²) in [5.41, 5.74) is 0. The molecule has 0 aliphatic carbocycles. The van der Waals surface area contributed by atoms with Crippen LogP contribution in [0.25, 0.3) is 0 Å². The molecule has 0 bridgehead atoms. The van der Waals surface area contributed by atoms with Gasteiger partial charge in [-0.25, -0.2) is 0 Å². The number of hydrogen-bond acceptors (Lipinski definition) is 2. The highest BCUT2D eigenvalue weighted by Gasteiger charge is 2.22. The van der Waals surface area contributed by atoms with Crippen LogP contribution >= 0.6 is 0 Å². The molecule has 0 aromatic heterocycles. The highest BCUT2D eigenvalue weighted by Crippen LogP contribution is 2.20. The minimum atomic E-state index is 0.0911. The van der Waals surface area contributed by atoms with Gasteiger partial charge in [0.25, 0.3) is 0 Å². The van der Waals surface area contributed by atoms with Crippen LogP contribution in [-0.4, -0.2) is 25.5 Å². The summed E-state index contributed by atoms with van der Waals surface area (Å²) in [5, 5.41) is 6.30. The molecule has 0 unspecified atom stereocenters. The Kier molecular flexibility index (Phi) is 4.22. The zero-order valence-electron chi connectivity index (χ0n) is 8.60. The van der Waals surface area contributed by atoms with Crippen molar-refractivity contribution in [2.45, 2.75) is 26.7 Å². The first-order chi connectivity index (χ1) is 6.24. The number of rotatable bonds is 3. The van der Waals surface area contributed by atoms with Gasteiger partial charge in [-0.1, -0.05) is 13.3 Å². The van der Waals surface area contributed by atoms with Crippen molar-refractivity contribution >= 4 is 5.91 Å². The summed E-state index contributed by atoms with van der Waals surface area (Å²) in [4.78, 5) is 10.8. The van der Waals surface area contributed by atoms with Crippen LogP contribution in [0.3, 0.4) is 0 Å². The fraction of sp³-hybridized carbons (Fsp3) is 0.900. The summed E-state index contributed by atoms with van der Waals surface area (Å²) in [6.07, 6.45) is 2.40. The summed E-state index contributed by atoms with van der Waals surface area (Å²) >= 11 is 0. The Morgan fingerprint density at radius 2 is 2.31 bits per heavy atom. The van der Waals surface area contributed by atoms with Gasteiger partial charge in [-0.3, -0.25) is 4.79 Å². The lowest BCUT2D eigenvalue weighted by Gasteiger charge is -2.31. The molecule has 0 aromatic carbocycles. The number of carbonyl (C=O) groups is 1. The monoisotopic (exact) mass is 184 g/mol. The van der Waals surface area contributed by atoms with Crippen molar-refractivity contribution < 1.29 is 4.79 Å². The Morgan fingerprint density at radius 1 is 1.54 bits per heavy atom. The van der Waals surface area contributed by atoms with Crippen molar-refractivity contribution in [3.8, 4) is 0 Å². The Hall–Kier alpha value is -0.570. The van der Waals surface area contributed by atoms with Crippen molar-refractivity contribution in [1.29, 1.82) is 0 Å². The van der Waals surface area contributed by atoms with Crippen LogP contribution < -0.4 is 10.6 Å². The molecule has 1 rings (SSSR count). The summed E-state index contributed by atoms with van der Waals surface area (Å²) in [6, 6.07) is 0. The molecule has 13 heavy (non-hydrogen) atoms. The van der Waals surface area contributed by atoms with E-state index in [4.69, 9.17) is 0 Å². The average Bonchev–Trinajstić information content (AvgIpc) is 2.15. The van der Waals surface area contributed by atoms with E-state index in [-0.39, 0.29) is 5.91 Å². The second-order valence-electron chi connectivity index (χ2n) is 3.86. The van der Waals surface area contributed by atoms with E-state index in [2.05, 4.69) is 17.6 Å². The van der Waals surface area contributed by atoms with Gasteiger partial charge in [-0.05, 0) is 31.3 Å². The van der Waals surface area contributed by atoms with Gasteiger partial charge in [0.1, 0.15) is 0 Å². The normalized spacial score (nSPS) is 28.5. The van der Waals surface area contributed by atoms with E-state index in [0.717, 1.165) is 25.6 Å². The second-order valence-corrected chi connectivity index (χ2v) is 3.86. The molecule has 1 amide bonds. The average molecular weight is 184 g/mol. The molecular formula is C10H20N2O. The van der Waals surface area contributed by atoms with Gasteiger partial charge in [-0.2, -0.15) is 0 Å². The molecule has 3 nitrogen and oxygen atoms in total. The van der Waals surface area contributed by atoms with Crippen molar-refractivity contribution in [3.05, 3.63) is 0 Å². The third-order valence-electron chi connectivity index (χ3n) is 2.90. The van der Waals surface area contributed by atoms with Gasteiger partial charge in [-0.15, -0.1) is 0 Å². The van der Waals surface area contributed by atoms with Crippen molar-refractivity contribution in [2.75, 3.05) is 19.6 Å². The van der Waals surface area contributed by atoms with Crippen LogP contribution in [0, 0.1) is 11.8 Å². The fourth-order valence-electron chi connectivity index (χ4n) is 2.00. The fourth-order valence-corrected chi connectivity index (χ4v) is 2.00. The molecule has 1 aliphatic rings. The van der Waals surface area contributed by atoms with Crippen LogP contribution in [-0.2, 0) is 4.79 Å². The predicted octanol–water partition coefficient (Wildman–Crippen LogP) is 0.758. The van der Waals surface area contributed by atoms with Crippen LogP contribution in [0.4, 0.5) is 0 Å². The van der Waals surface area contributed by atoms with E-state index in [1.807, 2.05) is 0 Å². The first kappa shape index (κ1) is 10.5. The summed E-state index contributed by atoms with van der Waals surface area (Å²) in [6.45, 7) is 6.87. The standard InChI is InChI=1S/C10H20N2O/c1-3-9-6-11-5-4-10(9)7-12-8(2)13/h9-11H,3-7H2,1-2H3,(H,12,13)/t9-,10-/m0/s1. The molecule has 0 spiro atoms. The van der Waals surface area contributed by atoms with Crippen molar-refractivity contribution in [1.82, 2.24) is 10.6 Å². The highest BCUT2D eigenvalue weighted by atomic mass is 16.1. The van der Waals surface area contributed by atoms with Gasteiger partial charge < -0.3 is 10.6 Å². The van der Waals surface area contributed by atoms with Crippen LogP contribution in [0.1, 0.15) is 26.7 Å². The molecule has 2 N–H and O–H groups in total. The van der Waals surface area contributed by atoms with E-state index < -0.39 is 0 Å². The predicted molar refractivity (Wildman–Crippen MR) is 53.4 cm³/mol. The van der Waals surface area contributed by atoms with Gasteiger partial charge in [0, 0.05) is 13.5 Å². The molecule has 1 heterocycles. The summed E-state index contributed by atoms with van der Waals surface area (Å²) in [5.74, 6) is 1.50. The molecule has 0 aromatic rings. The van der Waals surface area contributed by atoms with E-state index in [9.17, 15) is 4.79 Å². The summed E-state index contributed by atoms with van der Waals surface area (Å²) < 4.78 is 0. The Balaban J connectivity index is 2.31. The first-order valence-electron chi connectivity index (χ1n) is 5.19. The van der Waals surface area contributed by atoms with Gasteiger partial charge in [0.05, 0.1) is 0 Å². The van der Waals surface area contributed by atoms with Crippen molar-refractivity contribution in [3.63, 3.8) is 0 Å². The largest absolute Gasteiger partial charge is 0.356 e. The SMILES string of the molecule is CC[C@H]1CNCC[C@H]1CNC(C)=O. The minimum Gasteiger partial charge on any atom is -0.356 e. The zero-order valence-corrected chi connectivity index (χ0v) is 8.60. The maximum Gasteiger partial charge on any atom is 0.216 e. The molecule has 0 radical (unpaired) electrons. The zero-order chi connectivity index (χ0) is 9.68. The number of amides is 1. The molecular weight excluding hydrogens is 164 g/mol. The Morgan fingerprint density at radius 3 is 2.92 bits per heavy atom. The lowest BCUT2D eigenvalue weighted by Crippen LogP contribution is -2.41. The number of piperidine rings is 1. The second kappa shape index (κ2) is 5.22. The van der Waals surface area contributed by atoms with Gasteiger partial charge in [0.15, 0.2) is 0 Å². The third kappa shape index (κ3) is 3.35. The van der Waals surface area contributed by atoms with E-state index >= 15 is 0 Å². The molecule has 1 saturated heterocycles. The lowest BCUT2D eigenvalue weighted by atomic mass is 9.84. The smallest absolute Gasteiger partial charge is 0.216 e. The van der Waals surface area contributed by atoms with Crippen LogP contribution in [0.2, 0.25) is 0 Å². The first-order valence-corrected chi connectivity index (χ1v) is 5.19. The number of hydrogen-bond donors (Lipinski definition) is 2. The maximum atomic E-state index is 10.8. The van der Waals surface area contributed by atoms with E-state index in [1.165, 1.54) is 12.8 Å². The maximum absolute atomic E-state index is 10.8. The highest BCUT2D eigenvalue weighted by molar-refractivity contribution is 5.72. The molecule has 76 valence electrons. The molecule has 2 atom stereocenters. The topological polar surface area (TPSA) is 41.1 Å². The summed E-state index contributed by atoms with van der Waals surface area (Å²) in [7, 11) is 0. The molecule has 0 saturated carbocycles. The van der Waals surface area contributed by atoms with E-state index in [1.54, 1.807) is 6.92 Å². The van der Waals surface area contributed by atoms with Gasteiger partial charge in [0.2, 0.25) is 5.91 Å². The molecule has 1 aliphatic heterocycles. The van der Waals surface area contributed by atoms with Gasteiger partial charge >= 0.3 is 0 Å². The lowest BCUT2D eigenvalue weighted by molar-refractivity contribution is -0.119. The van der Waals surface area contributed by atoms with Crippen LogP contribution in [0.15, 0.2) is 0 Å². The quantitative estimate of drug-likeness (QED) is 0.680. The third-order valence-corrected chi connectivity index (χ3v) is 2.90. The molecule has 1 fully saturated rings. The minimum absolute atomic E-state index is 0.0911. The Labute approximate surface area is 80.3 Å². The van der Waals surface area contributed by atoms with Crippen LogP contribution in [0.5, 0.6) is 0 Å². The number of nitrogens with one attached hydrogen (secondary N) is 2.